The molecule has 2 aliphatic rings. The number of nitrogens with zero attached hydrogens (tertiary/aromatic N) is 2. The molecule has 0 bridgehead atoms. The van der Waals surface area contributed by atoms with E-state index in [0.717, 1.165) is 36.7 Å². The number of hydrogen-bond acceptors (Lipinski definition) is 5. The Bertz CT molecular complexity index is 1150. The number of carbonyl (C=O) groups is 2. The highest BCUT2D eigenvalue weighted by atomic mass is 35.5. The number of likely N-dealkylation sites (tertiary alicyclic amines) is 1. The van der Waals surface area contributed by atoms with E-state index in [1.54, 1.807) is 24.3 Å². The van der Waals surface area contributed by atoms with Gasteiger partial charge in [0.25, 0.3) is 11.8 Å². The molecule has 3 aromatic carbocycles. The van der Waals surface area contributed by atoms with Gasteiger partial charge in [-0.15, -0.1) is 0 Å². The topological polar surface area (TPSA) is 70.1 Å². The first-order valence-electron chi connectivity index (χ1n) is 11.7. The second-order valence-electron chi connectivity index (χ2n) is 9.09. The van der Waals surface area contributed by atoms with Crippen LogP contribution in [0.15, 0.2) is 60.7 Å². The summed E-state index contributed by atoms with van der Waals surface area (Å²) >= 11 is 5.88. The van der Waals surface area contributed by atoms with Crippen LogP contribution in [0.3, 0.4) is 0 Å². The molecule has 0 unspecified atom stereocenters. The number of amides is 2. The first-order chi connectivity index (χ1) is 16.5. The van der Waals surface area contributed by atoms with Crippen LogP contribution < -0.4 is 4.74 Å². The summed E-state index contributed by atoms with van der Waals surface area (Å²) < 4.78 is 5.65. The number of rotatable bonds is 7. The number of benzene rings is 3. The van der Waals surface area contributed by atoms with Crippen molar-refractivity contribution < 1.29 is 19.4 Å². The smallest absolute Gasteiger partial charge is 0.261 e. The van der Waals surface area contributed by atoms with Crippen molar-refractivity contribution in [1.82, 2.24) is 9.80 Å². The Morgan fingerprint density at radius 3 is 2.18 bits per heavy atom. The zero-order valence-electron chi connectivity index (χ0n) is 18.8. The van der Waals surface area contributed by atoms with Crippen LogP contribution in [0.25, 0.3) is 10.8 Å². The van der Waals surface area contributed by atoms with Crippen LogP contribution >= 0.6 is 11.6 Å². The maximum Gasteiger partial charge on any atom is 0.261 e. The highest BCUT2D eigenvalue weighted by molar-refractivity contribution is 6.30. The largest absolute Gasteiger partial charge is 0.491 e. The van der Waals surface area contributed by atoms with E-state index in [9.17, 15) is 14.7 Å². The SMILES string of the molecule is O=C1c2cccc3cccc(c23)C(=O)N1CC1CCN(C[C@@H](O)COc2ccc(Cl)cc2)CC1. The summed E-state index contributed by atoms with van der Waals surface area (Å²) in [5, 5.41) is 12.7. The number of hydrogen-bond donors (Lipinski definition) is 1. The summed E-state index contributed by atoms with van der Waals surface area (Å²) in [5.41, 5.74) is 1.21. The van der Waals surface area contributed by atoms with Crippen molar-refractivity contribution in [2.75, 3.05) is 32.8 Å². The van der Waals surface area contributed by atoms with Crippen molar-refractivity contribution in [2.45, 2.75) is 18.9 Å². The van der Waals surface area contributed by atoms with Gasteiger partial charge in [-0.05, 0) is 73.6 Å². The molecule has 7 heteroatoms. The molecule has 2 amide bonds. The van der Waals surface area contributed by atoms with Gasteiger partial charge in [0.2, 0.25) is 0 Å². The van der Waals surface area contributed by atoms with Crippen LogP contribution in [0.4, 0.5) is 0 Å². The highest BCUT2D eigenvalue weighted by Gasteiger charge is 2.34. The molecule has 34 heavy (non-hydrogen) atoms. The molecule has 0 saturated carbocycles. The normalized spacial score (nSPS) is 17.9. The number of piperidine rings is 1. The fraction of sp³-hybridized carbons (Fsp3) is 0.333. The first kappa shape index (κ1) is 22.8. The average Bonchev–Trinajstić information content (AvgIpc) is 2.85. The Balaban J connectivity index is 1.14. The molecule has 0 aromatic heterocycles. The molecular formula is C27H27ClN2O4. The van der Waals surface area contributed by atoms with Crippen molar-refractivity contribution in [2.24, 2.45) is 5.92 Å². The monoisotopic (exact) mass is 478 g/mol. The molecule has 1 N–H and O–H groups in total. The predicted octanol–water partition coefficient (Wildman–Crippen LogP) is 4.24. The minimum Gasteiger partial charge on any atom is -0.491 e. The molecule has 1 saturated heterocycles. The molecule has 176 valence electrons. The Kier molecular flexibility index (Phi) is 6.55. The number of carbonyl (C=O) groups excluding carboxylic acids is 2. The summed E-state index contributed by atoms with van der Waals surface area (Å²) in [6.45, 7) is 2.79. The van der Waals surface area contributed by atoms with E-state index in [-0.39, 0.29) is 24.3 Å². The molecule has 6 nitrogen and oxygen atoms in total. The van der Waals surface area contributed by atoms with E-state index in [2.05, 4.69) is 4.90 Å². The van der Waals surface area contributed by atoms with E-state index in [1.807, 2.05) is 36.4 Å². The lowest BCUT2D eigenvalue weighted by molar-refractivity contribution is 0.0453. The van der Waals surface area contributed by atoms with Gasteiger partial charge in [0.15, 0.2) is 0 Å². The molecule has 1 fully saturated rings. The Labute approximate surface area is 203 Å². The minimum absolute atomic E-state index is 0.202. The van der Waals surface area contributed by atoms with Crippen molar-refractivity contribution in [1.29, 1.82) is 0 Å². The molecular weight excluding hydrogens is 452 g/mol. The molecule has 0 aliphatic carbocycles. The van der Waals surface area contributed by atoms with Crippen molar-refractivity contribution in [3.8, 4) is 5.75 Å². The Hall–Kier alpha value is -2.93. The molecule has 5 rings (SSSR count). The van der Waals surface area contributed by atoms with E-state index in [1.165, 1.54) is 4.90 Å². The van der Waals surface area contributed by atoms with Crippen LogP contribution in [0.1, 0.15) is 33.6 Å². The van der Waals surface area contributed by atoms with E-state index in [0.29, 0.717) is 35.0 Å². The fourth-order valence-electron chi connectivity index (χ4n) is 4.93. The van der Waals surface area contributed by atoms with Gasteiger partial charge in [0.1, 0.15) is 18.5 Å². The molecule has 0 radical (unpaired) electrons. The van der Waals surface area contributed by atoms with Gasteiger partial charge < -0.3 is 14.7 Å². The van der Waals surface area contributed by atoms with Gasteiger partial charge in [0, 0.05) is 34.6 Å². The number of ether oxygens (including phenoxy) is 1. The number of imide groups is 1. The summed E-state index contributed by atoms with van der Waals surface area (Å²) in [7, 11) is 0. The number of β-amino-alcohol motifs (C(OH)–C–C–N with tert-alkyl or cyclic N) is 1. The predicted molar refractivity (Wildman–Crippen MR) is 131 cm³/mol. The van der Waals surface area contributed by atoms with Crippen molar-refractivity contribution >= 4 is 34.2 Å². The summed E-state index contributed by atoms with van der Waals surface area (Å²) in [4.78, 5) is 29.9. The number of halogens is 1. The average molecular weight is 479 g/mol. The summed E-state index contributed by atoms with van der Waals surface area (Å²) in [6.07, 6.45) is 1.14. The van der Waals surface area contributed by atoms with Gasteiger partial charge in [-0.3, -0.25) is 14.5 Å². The third-order valence-corrected chi connectivity index (χ3v) is 6.98. The lowest BCUT2D eigenvalue weighted by Gasteiger charge is -2.36. The second-order valence-corrected chi connectivity index (χ2v) is 9.53. The maximum absolute atomic E-state index is 13.1. The van der Waals surface area contributed by atoms with Crippen LogP contribution in [0.5, 0.6) is 5.75 Å². The second kappa shape index (κ2) is 9.74. The summed E-state index contributed by atoms with van der Waals surface area (Å²) in [5.74, 6) is 0.518. The minimum atomic E-state index is -0.602. The van der Waals surface area contributed by atoms with Gasteiger partial charge >= 0.3 is 0 Å². The lowest BCUT2D eigenvalue weighted by Crippen LogP contribution is -2.46. The quantitative estimate of drug-likeness (QED) is 0.514. The Morgan fingerprint density at radius 2 is 1.56 bits per heavy atom. The third kappa shape index (κ3) is 4.67. The summed E-state index contributed by atoms with van der Waals surface area (Å²) in [6, 6.07) is 18.3. The molecule has 1 atom stereocenters. The van der Waals surface area contributed by atoms with Gasteiger partial charge in [-0.2, -0.15) is 0 Å². The third-order valence-electron chi connectivity index (χ3n) is 6.73. The zero-order chi connectivity index (χ0) is 23.7. The van der Waals surface area contributed by atoms with Crippen LogP contribution in [-0.4, -0.2) is 65.6 Å². The van der Waals surface area contributed by atoms with E-state index < -0.39 is 6.10 Å². The van der Waals surface area contributed by atoms with Crippen molar-refractivity contribution in [3.05, 3.63) is 76.8 Å². The lowest BCUT2D eigenvalue weighted by atomic mass is 9.91. The standard InChI is InChI=1S/C27H27ClN2O4/c28-20-7-9-22(10-8-20)34-17-21(31)16-29-13-11-18(12-14-29)15-30-26(32)23-5-1-3-19-4-2-6-24(25(19)23)27(30)33/h1-10,18,21,31H,11-17H2/t21-/m1/s1. The van der Waals surface area contributed by atoms with Crippen LogP contribution in [0.2, 0.25) is 5.02 Å². The molecule has 3 aromatic rings. The molecule has 2 heterocycles. The fourth-order valence-corrected chi connectivity index (χ4v) is 5.06. The van der Waals surface area contributed by atoms with Gasteiger partial charge in [0.05, 0.1) is 0 Å². The first-order valence-corrected chi connectivity index (χ1v) is 12.0. The van der Waals surface area contributed by atoms with Crippen molar-refractivity contribution in [3.63, 3.8) is 0 Å². The van der Waals surface area contributed by atoms with E-state index >= 15 is 0 Å². The van der Waals surface area contributed by atoms with Gasteiger partial charge in [-0.1, -0.05) is 35.9 Å². The number of aliphatic hydroxyl groups is 1. The molecule has 2 aliphatic heterocycles. The molecule has 0 spiro atoms. The Morgan fingerprint density at radius 1 is 0.941 bits per heavy atom. The van der Waals surface area contributed by atoms with Crippen LogP contribution in [-0.2, 0) is 0 Å². The highest BCUT2D eigenvalue weighted by Crippen LogP contribution is 2.31. The zero-order valence-corrected chi connectivity index (χ0v) is 19.6. The van der Waals surface area contributed by atoms with E-state index in [4.69, 9.17) is 16.3 Å². The number of aliphatic hydroxyl groups excluding tert-OH is 1. The maximum atomic E-state index is 13.1. The van der Waals surface area contributed by atoms with Crippen LogP contribution in [0, 0.1) is 5.92 Å². The van der Waals surface area contributed by atoms with Gasteiger partial charge in [-0.25, -0.2) is 0 Å².